The van der Waals surface area contributed by atoms with E-state index >= 15 is 0 Å². The third kappa shape index (κ3) is 6.02. The molecular weight excluding hydrogens is 380 g/mol. The Balaban J connectivity index is 1.80. The van der Waals surface area contributed by atoms with Crippen LogP contribution in [0.2, 0.25) is 0 Å². The maximum Gasteiger partial charge on any atom is 0.240 e. The van der Waals surface area contributed by atoms with Crippen LogP contribution in [0.15, 0.2) is 29.2 Å². The second kappa shape index (κ2) is 9.57. The summed E-state index contributed by atoms with van der Waals surface area (Å²) < 4.78 is 36.9. The van der Waals surface area contributed by atoms with Crippen molar-refractivity contribution in [2.75, 3.05) is 25.6 Å². The van der Waals surface area contributed by atoms with E-state index in [2.05, 4.69) is 20.2 Å². The Labute approximate surface area is 155 Å². The molecule has 0 unspecified atom stereocenters. The summed E-state index contributed by atoms with van der Waals surface area (Å²) in [7, 11) is -2.19. The smallest absolute Gasteiger partial charge is 0.240 e. The molecule has 1 aromatic heterocycles. The number of ether oxygens (including phenoxy) is 2. The molecule has 0 atom stereocenters. The molecular formula is C15H20N4O5S2. The third-order valence-electron chi connectivity index (χ3n) is 3.16. The van der Waals surface area contributed by atoms with Gasteiger partial charge in [-0.05, 0) is 31.2 Å². The van der Waals surface area contributed by atoms with Crippen molar-refractivity contribution in [2.45, 2.75) is 24.8 Å². The Hall–Kier alpha value is -2.08. The van der Waals surface area contributed by atoms with E-state index in [4.69, 9.17) is 9.47 Å². The number of amides is 1. The first kappa shape index (κ1) is 20.2. The molecule has 2 aromatic rings. The average Bonchev–Trinajstić information content (AvgIpc) is 3.07. The van der Waals surface area contributed by atoms with Gasteiger partial charge in [-0.1, -0.05) is 11.3 Å². The Bertz CT molecular complexity index is 821. The Morgan fingerprint density at radius 1 is 1.23 bits per heavy atom. The zero-order valence-corrected chi connectivity index (χ0v) is 16.0. The van der Waals surface area contributed by atoms with Crippen LogP contribution in [0.4, 0.5) is 5.13 Å². The summed E-state index contributed by atoms with van der Waals surface area (Å²) in [4.78, 5) is 12.0. The van der Waals surface area contributed by atoms with E-state index in [9.17, 15) is 13.2 Å². The number of nitrogens with zero attached hydrogens (tertiary/aromatic N) is 2. The number of hydrogen-bond acceptors (Lipinski definition) is 8. The lowest BCUT2D eigenvalue weighted by Crippen LogP contribution is -2.27. The van der Waals surface area contributed by atoms with Gasteiger partial charge in [-0.3, -0.25) is 4.79 Å². The SMILES string of the molecule is CCOCc1nnc(NC(=O)CCNS(=O)(=O)c2ccc(OC)cc2)s1. The normalized spacial score (nSPS) is 11.3. The molecule has 0 aliphatic heterocycles. The van der Waals surface area contributed by atoms with Crippen LogP contribution < -0.4 is 14.8 Å². The summed E-state index contributed by atoms with van der Waals surface area (Å²) in [6, 6.07) is 5.97. The first-order chi connectivity index (χ1) is 12.4. The molecule has 1 amide bonds. The van der Waals surface area contributed by atoms with E-state index in [-0.39, 0.29) is 23.8 Å². The highest BCUT2D eigenvalue weighted by Crippen LogP contribution is 2.17. The predicted molar refractivity (Wildman–Crippen MR) is 96.7 cm³/mol. The van der Waals surface area contributed by atoms with Crippen LogP contribution in [0.1, 0.15) is 18.4 Å². The number of sulfonamides is 1. The number of anilines is 1. The fourth-order valence-electron chi connectivity index (χ4n) is 1.87. The predicted octanol–water partition coefficient (Wildman–Crippen LogP) is 1.39. The number of carbonyl (C=O) groups excluding carboxylic acids is 1. The number of rotatable bonds is 10. The lowest BCUT2D eigenvalue weighted by Gasteiger charge is -2.07. The van der Waals surface area contributed by atoms with Crippen LogP contribution in [0, 0.1) is 0 Å². The van der Waals surface area contributed by atoms with Gasteiger partial charge < -0.3 is 14.8 Å². The largest absolute Gasteiger partial charge is 0.497 e. The van der Waals surface area contributed by atoms with Gasteiger partial charge in [0, 0.05) is 19.6 Å². The van der Waals surface area contributed by atoms with E-state index in [0.717, 1.165) is 0 Å². The summed E-state index contributed by atoms with van der Waals surface area (Å²) in [5.41, 5.74) is 0. The van der Waals surface area contributed by atoms with E-state index in [0.29, 0.717) is 29.1 Å². The first-order valence-electron chi connectivity index (χ1n) is 7.78. The van der Waals surface area contributed by atoms with Crippen molar-refractivity contribution >= 4 is 32.4 Å². The minimum absolute atomic E-state index is 0.0320. The number of benzene rings is 1. The number of carbonyl (C=O) groups is 1. The van der Waals surface area contributed by atoms with E-state index in [1.807, 2.05) is 6.92 Å². The highest BCUT2D eigenvalue weighted by atomic mass is 32.2. The maximum atomic E-state index is 12.2. The number of hydrogen-bond donors (Lipinski definition) is 2. The molecule has 2 N–H and O–H groups in total. The molecule has 0 saturated heterocycles. The molecule has 26 heavy (non-hydrogen) atoms. The summed E-state index contributed by atoms with van der Waals surface area (Å²) in [6.07, 6.45) is -0.0320. The molecule has 9 nitrogen and oxygen atoms in total. The molecule has 1 heterocycles. The number of aromatic nitrogens is 2. The van der Waals surface area contributed by atoms with Crippen molar-refractivity contribution in [2.24, 2.45) is 0 Å². The summed E-state index contributed by atoms with van der Waals surface area (Å²) in [5.74, 6) is 0.200. The van der Waals surface area contributed by atoms with Gasteiger partial charge in [-0.15, -0.1) is 10.2 Å². The van der Waals surface area contributed by atoms with Crippen LogP contribution in [0.25, 0.3) is 0 Å². The Kier molecular flexibility index (Phi) is 7.45. The molecule has 0 bridgehead atoms. The first-order valence-corrected chi connectivity index (χ1v) is 10.1. The monoisotopic (exact) mass is 400 g/mol. The Morgan fingerprint density at radius 2 is 1.96 bits per heavy atom. The van der Waals surface area contributed by atoms with Gasteiger partial charge in [0.1, 0.15) is 17.4 Å². The second-order valence-electron chi connectivity index (χ2n) is 5.01. The molecule has 2 rings (SSSR count). The van der Waals surface area contributed by atoms with Crippen molar-refractivity contribution in [3.63, 3.8) is 0 Å². The highest BCUT2D eigenvalue weighted by Gasteiger charge is 2.15. The molecule has 1 aromatic carbocycles. The number of nitrogens with one attached hydrogen (secondary N) is 2. The molecule has 0 fully saturated rings. The van der Waals surface area contributed by atoms with Crippen LogP contribution in [0.5, 0.6) is 5.75 Å². The summed E-state index contributed by atoms with van der Waals surface area (Å²) in [6.45, 7) is 2.74. The van der Waals surface area contributed by atoms with Crippen molar-refractivity contribution in [3.05, 3.63) is 29.3 Å². The lowest BCUT2D eigenvalue weighted by molar-refractivity contribution is -0.116. The Morgan fingerprint density at radius 3 is 2.62 bits per heavy atom. The van der Waals surface area contributed by atoms with Crippen molar-refractivity contribution in [3.8, 4) is 5.75 Å². The van der Waals surface area contributed by atoms with E-state index in [1.54, 1.807) is 12.1 Å². The molecule has 0 aliphatic carbocycles. The molecule has 0 spiro atoms. The van der Waals surface area contributed by atoms with Crippen molar-refractivity contribution in [1.82, 2.24) is 14.9 Å². The molecule has 11 heteroatoms. The standard InChI is InChI=1S/C15H20N4O5S2/c1-3-24-10-14-18-19-15(25-14)17-13(20)8-9-16-26(21,22)12-6-4-11(23-2)5-7-12/h4-7,16H,3,8-10H2,1-2H3,(H,17,19,20). The quantitative estimate of drug-likeness (QED) is 0.618. The van der Waals surface area contributed by atoms with Gasteiger partial charge in [0.2, 0.25) is 21.1 Å². The summed E-state index contributed by atoms with van der Waals surface area (Å²) >= 11 is 1.21. The molecule has 0 aliphatic rings. The minimum Gasteiger partial charge on any atom is -0.497 e. The van der Waals surface area contributed by atoms with Gasteiger partial charge >= 0.3 is 0 Å². The van der Waals surface area contributed by atoms with Gasteiger partial charge in [0.15, 0.2) is 0 Å². The van der Waals surface area contributed by atoms with Gasteiger partial charge in [-0.25, -0.2) is 13.1 Å². The summed E-state index contributed by atoms with van der Waals surface area (Å²) in [5, 5.41) is 11.3. The number of methoxy groups -OCH3 is 1. The zero-order valence-electron chi connectivity index (χ0n) is 14.4. The van der Waals surface area contributed by atoms with Gasteiger partial charge in [-0.2, -0.15) is 0 Å². The van der Waals surface area contributed by atoms with Gasteiger partial charge in [0.05, 0.1) is 12.0 Å². The fourth-order valence-corrected chi connectivity index (χ4v) is 3.60. The maximum absolute atomic E-state index is 12.2. The van der Waals surface area contributed by atoms with E-state index < -0.39 is 10.0 Å². The molecule has 142 valence electrons. The second-order valence-corrected chi connectivity index (χ2v) is 7.84. The van der Waals surface area contributed by atoms with Gasteiger partial charge in [0.25, 0.3) is 0 Å². The minimum atomic E-state index is -3.69. The highest BCUT2D eigenvalue weighted by molar-refractivity contribution is 7.89. The van der Waals surface area contributed by atoms with Crippen LogP contribution in [-0.4, -0.2) is 44.8 Å². The zero-order chi connectivity index (χ0) is 19.0. The van der Waals surface area contributed by atoms with Crippen molar-refractivity contribution in [1.29, 1.82) is 0 Å². The lowest BCUT2D eigenvalue weighted by atomic mass is 10.3. The average molecular weight is 400 g/mol. The third-order valence-corrected chi connectivity index (χ3v) is 5.45. The van der Waals surface area contributed by atoms with E-state index in [1.165, 1.54) is 30.6 Å². The van der Waals surface area contributed by atoms with Crippen LogP contribution >= 0.6 is 11.3 Å². The molecule has 0 radical (unpaired) electrons. The topological polar surface area (TPSA) is 120 Å². The van der Waals surface area contributed by atoms with Crippen molar-refractivity contribution < 1.29 is 22.7 Å². The van der Waals surface area contributed by atoms with Crippen LogP contribution in [-0.2, 0) is 26.2 Å². The fraction of sp³-hybridized carbons (Fsp3) is 0.400. The van der Waals surface area contributed by atoms with Crippen LogP contribution in [0.3, 0.4) is 0 Å². The molecule has 0 saturated carbocycles.